The summed E-state index contributed by atoms with van der Waals surface area (Å²) in [6.07, 6.45) is 2.77. The molecule has 0 aromatic carbocycles. The van der Waals surface area contributed by atoms with Gasteiger partial charge in [0, 0.05) is 18.7 Å². The fourth-order valence-corrected chi connectivity index (χ4v) is 1.53. The standard InChI is InChI=1S/C13H20N4O3/c1-4-6-14-12-7-10(11(8-15-12)17(19)20)13(18)16-9(3)5-2/h7-9H,4-6H2,1-3H3,(H,14,15)(H,16,18). The van der Waals surface area contributed by atoms with Gasteiger partial charge in [-0.2, -0.15) is 0 Å². The average Bonchev–Trinajstić information content (AvgIpc) is 2.44. The predicted octanol–water partition coefficient (Wildman–Crippen LogP) is 2.34. The molecular formula is C13H20N4O3. The molecule has 1 rings (SSSR count). The molecule has 20 heavy (non-hydrogen) atoms. The summed E-state index contributed by atoms with van der Waals surface area (Å²) in [7, 11) is 0. The van der Waals surface area contributed by atoms with Crippen LogP contribution < -0.4 is 10.6 Å². The number of carbonyl (C=O) groups excluding carboxylic acids is 1. The van der Waals surface area contributed by atoms with Gasteiger partial charge >= 0.3 is 0 Å². The first-order valence-electron chi connectivity index (χ1n) is 6.68. The van der Waals surface area contributed by atoms with Gasteiger partial charge in [0.1, 0.15) is 17.6 Å². The first kappa shape index (κ1) is 15.9. The number of nitro groups is 1. The second-order valence-electron chi connectivity index (χ2n) is 4.55. The van der Waals surface area contributed by atoms with Crippen LogP contribution in [0.15, 0.2) is 12.3 Å². The van der Waals surface area contributed by atoms with E-state index < -0.39 is 10.8 Å². The van der Waals surface area contributed by atoms with Crippen molar-refractivity contribution in [3.05, 3.63) is 27.9 Å². The molecule has 1 heterocycles. The second-order valence-corrected chi connectivity index (χ2v) is 4.55. The van der Waals surface area contributed by atoms with E-state index in [1.54, 1.807) is 0 Å². The number of nitrogens with zero attached hydrogens (tertiary/aromatic N) is 2. The molecule has 0 saturated heterocycles. The summed E-state index contributed by atoms with van der Waals surface area (Å²) < 4.78 is 0. The van der Waals surface area contributed by atoms with Gasteiger partial charge in [0.05, 0.1) is 4.92 Å². The van der Waals surface area contributed by atoms with Crippen LogP contribution in [0, 0.1) is 10.1 Å². The van der Waals surface area contributed by atoms with Crippen LogP contribution >= 0.6 is 0 Å². The van der Waals surface area contributed by atoms with Crippen molar-refractivity contribution >= 4 is 17.4 Å². The Bertz CT molecular complexity index is 491. The summed E-state index contributed by atoms with van der Waals surface area (Å²) in [6, 6.07) is 1.38. The molecule has 0 aliphatic rings. The molecule has 0 fully saturated rings. The third kappa shape index (κ3) is 4.18. The van der Waals surface area contributed by atoms with E-state index in [-0.39, 0.29) is 17.3 Å². The summed E-state index contributed by atoms with van der Waals surface area (Å²) in [6.45, 7) is 6.47. The lowest BCUT2D eigenvalue weighted by atomic mass is 10.1. The number of carbonyl (C=O) groups is 1. The van der Waals surface area contributed by atoms with Crippen molar-refractivity contribution < 1.29 is 9.72 Å². The fraction of sp³-hybridized carbons (Fsp3) is 0.538. The van der Waals surface area contributed by atoms with Crippen molar-refractivity contribution in [1.29, 1.82) is 0 Å². The molecule has 1 aromatic heterocycles. The maximum Gasteiger partial charge on any atom is 0.300 e. The summed E-state index contributed by atoms with van der Waals surface area (Å²) >= 11 is 0. The predicted molar refractivity (Wildman–Crippen MR) is 76.9 cm³/mol. The quantitative estimate of drug-likeness (QED) is 0.590. The molecule has 7 nitrogen and oxygen atoms in total. The van der Waals surface area contributed by atoms with Gasteiger partial charge in [0.2, 0.25) is 0 Å². The number of aromatic nitrogens is 1. The van der Waals surface area contributed by atoms with E-state index in [9.17, 15) is 14.9 Å². The Kier molecular flexibility index (Phi) is 5.89. The van der Waals surface area contributed by atoms with Crippen LogP contribution in [-0.4, -0.2) is 28.4 Å². The van der Waals surface area contributed by atoms with Gasteiger partial charge in [-0.25, -0.2) is 4.98 Å². The normalized spacial score (nSPS) is 11.8. The second kappa shape index (κ2) is 7.42. The zero-order valence-electron chi connectivity index (χ0n) is 12.0. The average molecular weight is 280 g/mol. The minimum absolute atomic E-state index is 0.0314. The van der Waals surface area contributed by atoms with Crippen molar-refractivity contribution in [2.75, 3.05) is 11.9 Å². The maximum absolute atomic E-state index is 12.1. The smallest absolute Gasteiger partial charge is 0.300 e. The van der Waals surface area contributed by atoms with E-state index in [4.69, 9.17) is 0 Å². The van der Waals surface area contributed by atoms with Crippen molar-refractivity contribution in [3.63, 3.8) is 0 Å². The van der Waals surface area contributed by atoms with Gasteiger partial charge in [-0.1, -0.05) is 13.8 Å². The van der Waals surface area contributed by atoms with Gasteiger partial charge in [-0.3, -0.25) is 14.9 Å². The number of hydrogen-bond donors (Lipinski definition) is 2. The van der Waals surface area contributed by atoms with Crippen LogP contribution in [0.3, 0.4) is 0 Å². The molecule has 0 aliphatic heterocycles. The molecule has 0 aliphatic carbocycles. The summed E-state index contributed by atoms with van der Waals surface area (Å²) in [5.41, 5.74) is -0.253. The summed E-state index contributed by atoms with van der Waals surface area (Å²) in [5, 5.41) is 16.7. The van der Waals surface area contributed by atoms with E-state index in [2.05, 4.69) is 15.6 Å². The van der Waals surface area contributed by atoms with Crippen LogP contribution in [0.1, 0.15) is 44.0 Å². The Morgan fingerprint density at radius 2 is 2.20 bits per heavy atom. The van der Waals surface area contributed by atoms with E-state index in [1.165, 1.54) is 6.07 Å². The lowest BCUT2D eigenvalue weighted by Crippen LogP contribution is -2.32. The zero-order chi connectivity index (χ0) is 15.1. The fourth-order valence-electron chi connectivity index (χ4n) is 1.53. The van der Waals surface area contributed by atoms with Gasteiger partial charge < -0.3 is 10.6 Å². The molecule has 1 aromatic rings. The number of anilines is 1. The minimum Gasteiger partial charge on any atom is -0.370 e. The molecule has 0 spiro atoms. The van der Waals surface area contributed by atoms with Crippen LogP contribution in [0.4, 0.5) is 11.5 Å². The van der Waals surface area contributed by atoms with Crippen LogP contribution in [-0.2, 0) is 0 Å². The Hall–Kier alpha value is -2.18. The van der Waals surface area contributed by atoms with E-state index in [0.29, 0.717) is 12.4 Å². The van der Waals surface area contributed by atoms with Crippen LogP contribution in [0.25, 0.3) is 0 Å². The molecule has 1 amide bonds. The lowest BCUT2D eigenvalue weighted by Gasteiger charge is -2.12. The Balaban J connectivity index is 3.05. The Labute approximate surface area is 117 Å². The third-order valence-corrected chi connectivity index (χ3v) is 2.87. The molecule has 7 heteroatoms. The van der Waals surface area contributed by atoms with Gasteiger partial charge in [-0.05, 0) is 19.8 Å². The number of pyridine rings is 1. The largest absolute Gasteiger partial charge is 0.370 e. The lowest BCUT2D eigenvalue weighted by molar-refractivity contribution is -0.385. The Morgan fingerprint density at radius 1 is 1.50 bits per heavy atom. The van der Waals surface area contributed by atoms with E-state index in [0.717, 1.165) is 19.0 Å². The van der Waals surface area contributed by atoms with Crippen molar-refractivity contribution in [2.24, 2.45) is 0 Å². The zero-order valence-corrected chi connectivity index (χ0v) is 12.0. The molecule has 0 saturated carbocycles. The summed E-state index contributed by atoms with van der Waals surface area (Å²) in [5.74, 6) is 0.0137. The SMILES string of the molecule is CCCNc1cc(C(=O)NC(C)CC)c([N+](=O)[O-])cn1. The maximum atomic E-state index is 12.1. The van der Waals surface area contributed by atoms with Crippen LogP contribution in [0.2, 0.25) is 0 Å². The molecule has 0 radical (unpaired) electrons. The first-order chi connectivity index (χ1) is 9.49. The highest BCUT2D eigenvalue weighted by Gasteiger charge is 2.22. The third-order valence-electron chi connectivity index (χ3n) is 2.87. The van der Waals surface area contributed by atoms with Gasteiger partial charge in [-0.15, -0.1) is 0 Å². The van der Waals surface area contributed by atoms with E-state index >= 15 is 0 Å². The molecule has 1 unspecified atom stereocenters. The first-order valence-corrected chi connectivity index (χ1v) is 6.68. The number of hydrogen-bond acceptors (Lipinski definition) is 5. The highest BCUT2D eigenvalue weighted by atomic mass is 16.6. The topological polar surface area (TPSA) is 97.2 Å². The molecule has 1 atom stereocenters. The molecule has 2 N–H and O–H groups in total. The van der Waals surface area contributed by atoms with Crippen LogP contribution in [0.5, 0.6) is 0 Å². The van der Waals surface area contributed by atoms with Crippen molar-refractivity contribution in [3.8, 4) is 0 Å². The van der Waals surface area contributed by atoms with Gasteiger partial charge in [0.25, 0.3) is 11.6 Å². The number of rotatable bonds is 7. The molecular weight excluding hydrogens is 260 g/mol. The Morgan fingerprint density at radius 3 is 2.75 bits per heavy atom. The van der Waals surface area contributed by atoms with E-state index in [1.807, 2.05) is 20.8 Å². The molecule has 110 valence electrons. The van der Waals surface area contributed by atoms with Crippen molar-refractivity contribution in [1.82, 2.24) is 10.3 Å². The molecule has 0 bridgehead atoms. The minimum atomic E-state index is -0.595. The number of nitrogens with one attached hydrogen (secondary N) is 2. The summed E-state index contributed by atoms with van der Waals surface area (Å²) in [4.78, 5) is 26.4. The monoisotopic (exact) mass is 280 g/mol. The number of amides is 1. The highest BCUT2D eigenvalue weighted by molar-refractivity contribution is 5.98. The van der Waals surface area contributed by atoms with Crippen molar-refractivity contribution in [2.45, 2.75) is 39.7 Å². The van der Waals surface area contributed by atoms with Gasteiger partial charge in [0.15, 0.2) is 0 Å². The highest BCUT2D eigenvalue weighted by Crippen LogP contribution is 2.20.